The first kappa shape index (κ1) is 12.8. The van der Waals surface area contributed by atoms with E-state index in [9.17, 15) is 17.6 Å². The third-order valence-corrected chi connectivity index (χ3v) is 2.04. The molecule has 0 fully saturated rings. The minimum atomic E-state index is -3.21. The van der Waals surface area contributed by atoms with Crippen molar-refractivity contribution in [3.63, 3.8) is 0 Å². The van der Waals surface area contributed by atoms with Crippen LogP contribution in [0.25, 0.3) is 0 Å². The highest BCUT2D eigenvalue weighted by Crippen LogP contribution is 2.29. The van der Waals surface area contributed by atoms with Gasteiger partial charge in [0.15, 0.2) is 11.6 Å². The smallest absolute Gasteiger partial charge is 0.264 e. The third-order valence-electron chi connectivity index (χ3n) is 2.04. The van der Waals surface area contributed by atoms with Crippen LogP contribution in [0.5, 0.6) is 5.75 Å². The topological polar surface area (TPSA) is 35.2 Å². The van der Waals surface area contributed by atoms with E-state index < -0.39 is 30.5 Å². The first-order valence-corrected chi connectivity index (χ1v) is 4.49. The normalized spacial score (nSPS) is 11.6. The van der Waals surface area contributed by atoms with E-state index in [0.717, 1.165) is 13.2 Å². The van der Waals surface area contributed by atoms with E-state index in [-0.39, 0.29) is 11.3 Å². The maximum atomic E-state index is 13.1. The molecule has 0 aliphatic heterocycles. The Morgan fingerprint density at radius 3 is 2.44 bits per heavy atom. The predicted molar refractivity (Wildman–Crippen MR) is 50.6 cm³/mol. The van der Waals surface area contributed by atoms with Crippen LogP contribution in [0.4, 0.5) is 17.6 Å². The monoisotopic (exact) mass is 237 g/mol. The summed E-state index contributed by atoms with van der Waals surface area (Å²) in [5, 5.41) is 0. The standard InChI is InChI=1S/C10H11F4NO/c1-16-9-6(4-10(13,14)5-15)2-7(11)3-8(9)12/h2-3H,4-5,15H2,1H3. The molecule has 0 spiro atoms. The summed E-state index contributed by atoms with van der Waals surface area (Å²) in [5.74, 6) is -5.53. The fraction of sp³-hybridized carbons (Fsp3) is 0.400. The average molecular weight is 237 g/mol. The van der Waals surface area contributed by atoms with Gasteiger partial charge in [-0.25, -0.2) is 17.6 Å². The summed E-state index contributed by atoms with van der Waals surface area (Å²) >= 11 is 0. The lowest BCUT2D eigenvalue weighted by Crippen LogP contribution is -2.30. The van der Waals surface area contributed by atoms with Gasteiger partial charge in [0.1, 0.15) is 5.82 Å². The van der Waals surface area contributed by atoms with Gasteiger partial charge in [-0.1, -0.05) is 0 Å². The molecule has 0 saturated carbocycles. The zero-order valence-electron chi connectivity index (χ0n) is 8.57. The molecule has 2 N–H and O–H groups in total. The highest BCUT2D eigenvalue weighted by molar-refractivity contribution is 5.36. The molecule has 2 nitrogen and oxygen atoms in total. The molecule has 0 aromatic heterocycles. The molecular weight excluding hydrogens is 226 g/mol. The Balaban J connectivity index is 3.12. The van der Waals surface area contributed by atoms with E-state index in [1.807, 2.05) is 0 Å². The molecule has 0 saturated heterocycles. The van der Waals surface area contributed by atoms with Crippen molar-refractivity contribution in [2.75, 3.05) is 13.7 Å². The fourth-order valence-electron chi connectivity index (χ4n) is 1.32. The van der Waals surface area contributed by atoms with Gasteiger partial charge in [-0.3, -0.25) is 0 Å². The highest BCUT2D eigenvalue weighted by Gasteiger charge is 2.29. The lowest BCUT2D eigenvalue weighted by atomic mass is 10.1. The van der Waals surface area contributed by atoms with E-state index in [4.69, 9.17) is 5.73 Å². The summed E-state index contributed by atoms with van der Waals surface area (Å²) in [5.41, 5.74) is 4.60. The maximum absolute atomic E-state index is 13.1. The molecule has 0 radical (unpaired) electrons. The van der Waals surface area contributed by atoms with Gasteiger partial charge in [0.25, 0.3) is 5.92 Å². The number of benzene rings is 1. The minimum absolute atomic E-state index is 0.240. The number of hydrogen-bond acceptors (Lipinski definition) is 2. The van der Waals surface area contributed by atoms with Gasteiger partial charge in [0.2, 0.25) is 0 Å². The van der Waals surface area contributed by atoms with Crippen LogP contribution in [0, 0.1) is 11.6 Å². The Bertz CT molecular complexity index is 381. The van der Waals surface area contributed by atoms with Crippen LogP contribution in [0.15, 0.2) is 12.1 Å². The van der Waals surface area contributed by atoms with Crippen LogP contribution >= 0.6 is 0 Å². The molecule has 1 aromatic rings. The van der Waals surface area contributed by atoms with Crippen molar-refractivity contribution in [3.05, 3.63) is 29.3 Å². The van der Waals surface area contributed by atoms with Crippen molar-refractivity contribution in [2.45, 2.75) is 12.3 Å². The van der Waals surface area contributed by atoms with Crippen LogP contribution < -0.4 is 10.5 Å². The summed E-state index contributed by atoms with van der Waals surface area (Å²) in [6.07, 6.45) is -0.860. The van der Waals surface area contributed by atoms with Crippen LogP contribution in [0.3, 0.4) is 0 Å². The van der Waals surface area contributed by atoms with Gasteiger partial charge in [0, 0.05) is 18.1 Å². The minimum Gasteiger partial charge on any atom is -0.493 e. The molecule has 0 unspecified atom stereocenters. The number of methoxy groups -OCH3 is 1. The summed E-state index contributed by atoms with van der Waals surface area (Å²) in [4.78, 5) is 0. The molecule has 0 heterocycles. The average Bonchev–Trinajstić information content (AvgIpc) is 2.16. The van der Waals surface area contributed by atoms with Gasteiger partial charge >= 0.3 is 0 Å². The molecule has 1 aromatic carbocycles. The Kier molecular flexibility index (Phi) is 3.74. The third kappa shape index (κ3) is 2.85. The first-order valence-electron chi connectivity index (χ1n) is 4.49. The van der Waals surface area contributed by atoms with Gasteiger partial charge in [-0.2, -0.15) is 0 Å². The second kappa shape index (κ2) is 4.69. The summed E-state index contributed by atoms with van der Waals surface area (Å²) < 4.78 is 56.6. The predicted octanol–water partition coefficient (Wildman–Crippen LogP) is 2.11. The summed E-state index contributed by atoms with van der Waals surface area (Å²) in [7, 11) is 1.13. The zero-order chi connectivity index (χ0) is 12.3. The molecule has 90 valence electrons. The number of nitrogens with two attached hydrogens (primary N) is 1. The highest BCUT2D eigenvalue weighted by atomic mass is 19.3. The molecular formula is C10H11F4NO. The Morgan fingerprint density at radius 1 is 1.31 bits per heavy atom. The number of halogens is 4. The molecule has 0 aliphatic rings. The van der Waals surface area contributed by atoms with Crippen molar-refractivity contribution in [3.8, 4) is 5.75 Å². The van der Waals surface area contributed by atoms with E-state index in [1.165, 1.54) is 0 Å². The van der Waals surface area contributed by atoms with Crippen molar-refractivity contribution < 1.29 is 22.3 Å². The van der Waals surface area contributed by atoms with Crippen LogP contribution in [-0.2, 0) is 6.42 Å². The largest absolute Gasteiger partial charge is 0.493 e. The summed E-state index contributed by atoms with van der Waals surface area (Å²) in [6.45, 7) is -0.895. The zero-order valence-corrected chi connectivity index (χ0v) is 8.57. The van der Waals surface area contributed by atoms with Gasteiger partial charge < -0.3 is 10.5 Å². The van der Waals surface area contributed by atoms with Crippen molar-refractivity contribution in [2.24, 2.45) is 5.73 Å². The molecule has 0 aliphatic carbocycles. The Morgan fingerprint density at radius 2 is 1.94 bits per heavy atom. The molecule has 0 bridgehead atoms. The molecule has 0 amide bonds. The Labute approximate surface area is 90.0 Å². The SMILES string of the molecule is COc1c(F)cc(F)cc1CC(F)(F)CN. The second-order valence-corrected chi connectivity index (χ2v) is 3.32. The van der Waals surface area contributed by atoms with Crippen molar-refractivity contribution in [1.29, 1.82) is 0 Å². The van der Waals surface area contributed by atoms with E-state index >= 15 is 0 Å². The molecule has 16 heavy (non-hydrogen) atoms. The fourth-order valence-corrected chi connectivity index (χ4v) is 1.32. The summed E-state index contributed by atoms with van der Waals surface area (Å²) in [6, 6.07) is 1.38. The van der Waals surface area contributed by atoms with Gasteiger partial charge in [0.05, 0.1) is 13.7 Å². The van der Waals surface area contributed by atoms with Crippen LogP contribution in [-0.4, -0.2) is 19.6 Å². The number of rotatable bonds is 4. The Hall–Kier alpha value is -1.30. The lowest BCUT2D eigenvalue weighted by molar-refractivity contribution is 0.0108. The number of ether oxygens (including phenoxy) is 1. The van der Waals surface area contributed by atoms with Crippen LogP contribution in [0.1, 0.15) is 5.56 Å². The quantitative estimate of drug-likeness (QED) is 0.814. The van der Waals surface area contributed by atoms with Crippen molar-refractivity contribution >= 4 is 0 Å². The van der Waals surface area contributed by atoms with Crippen LogP contribution in [0.2, 0.25) is 0 Å². The first-order chi connectivity index (χ1) is 7.39. The molecule has 1 rings (SSSR count). The van der Waals surface area contributed by atoms with E-state index in [1.54, 1.807) is 0 Å². The van der Waals surface area contributed by atoms with Crippen molar-refractivity contribution in [1.82, 2.24) is 0 Å². The second-order valence-electron chi connectivity index (χ2n) is 3.32. The van der Waals surface area contributed by atoms with E-state index in [0.29, 0.717) is 6.07 Å². The van der Waals surface area contributed by atoms with Gasteiger partial charge in [-0.15, -0.1) is 0 Å². The number of hydrogen-bond donors (Lipinski definition) is 1. The van der Waals surface area contributed by atoms with Gasteiger partial charge in [-0.05, 0) is 6.07 Å². The molecule has 6 heteroatoms. The van der Waals surface area contributed by atoms with E-state index in [2.05, 4.69) is 4.74 Å². The molecule has 0 atom stereocenters. The lowest BCUT2D eigenvalue weighted by Gasteiger charge is -2.16. The maximum Gasteiger partial charge on any atom is 0.264 e. The number of alkyl halides is 2.